The van der Waals surface area contributed by atoms with E-state index in [1.54, 1.807) is 17.8 Å². The van der Waals surface area contributed by atoms with Crippen LogP contribution >= 0.6 is 0 Å². The van der Waals surface area contributed by atoms with Crippen LogP contribution in [0.15, 0.2) is 24.8 Å². The summed E-state index contributed by atoms with van der Waals surface area (Å²) in [4.78, 5) is 7.68. The molecule has 0 aliphatic rings. The van der Waals surface area contributed by atoms with Gasteiger partial charge in [-0.05, 0) is 6.07 Å². The van der Waals surface area contributed by atoms with Crippen LogP contribution in [0.25, 0.3) is 0 Å². The second-order valence-corrected chi connectivity index (χ2v) is 3.59. The Hall–Kier alpha value is -1.95. The number of imidazole rings is 1. The molecule has 1 N–H and O–H groups in total. The van der Waals surface area contributed by atoms with Crippen molar-refractivity contribution in [1.29, 1.82) is 0 Å². The Balaban J connectivity index is 2.40. The molecule has 2 aromatic rings. The highest BCUT2D eigenvalue weighted by Gasteiger charge is 2.20. The van der Waals surface area contributed by atoms with Crippen molar-refractivity contribution in [2.24, 2.45) is 7.05 Å². The Morgan fingerprint density at radius 2 is 2.24 bits per heavy atom. The van der Waals surface area contributed by atoms with Crippen LogP contribution in [-0.4, -0.2) is 26.8 Å². The first-order chi connectivity index (χ1) is 8.13. The number of halogens is 1. The van der Waals surface area contributed by atoms with Gasteiger partial charge in [0, 0.05) is 25.0 Å². The second-order valence-electron chi connectivity index (χ2n) is 3.59. The number of aryl methyl sites for hydroxylation is 1. The smallest absolute Gasteiger partial charge is 0.250 e. The van der Waals surface area contributed by atoms with Gasteiger partial charge in [-0.2, -0.15) is 0 Å². The third kappa shape index (κ3) is 2.12. The first-order valence-corrected chi connectivity index (χ1v) is 4.97. The molecular formula is C11H12FN3O2. The molecule has 6 heteroatoms. The summed E-state index contributed by atoms with van der Waals surface area (Å²) in [6.45, 7) is 0. The van der Waals surface area contributed by atoms with E-state index in [9.17, 15) is 9.50 Å². The highest BCUT2D eigenvalue weighted by Crippen LogP contribution is 2.26. The lowest BCUT2D eigenvalue weighted by Crippen LogP contribution is -2.05. The minimum atomic E-state index is -1.13. The number of ether oxygens (including phenoxy) is 1. The molecule has 0 aliphatic carbocycles. The van der Waals surface area contributed by atoms with E-state index in [4.69, 9.17) is 4.74 Å². The third-order valence-corrected chi connectivity index (χ3v) is 2.38. The molecular weight excluding hydrogens is 225 g/mol. The van der Waals surface area contributed by atoms with Gasteiger partial charge >= 0.3 is 0 Å². The van der Waals surface area contributed by atoms with Gasteiger partial charge in [-0.1, -0.05) is 0 Å². The first kappa shape index (κ1) is 11.5. The van der Waals surface area contributed by atoms with E-state index in [-0.39, 0.29) is 11.4 Å². The number of rotatable bonds is 3. The van der Waals surface area contributed by atoms with E-state index in [2.05, 4.69) is 9.97 Å². The van der Waals surface area contributed by atoms with Crippen molar-refractivity contribution >= 4 is 0 Å². The normalized spacial score (nSPS) is 12.5. The highest BCUT2D eigenvalue weighted by molar-refractivity contribution is 5.29. The van der Waals surface area contributed by atoms with E-state index in [0.29, 0.717) is 5.69 Å². The maximum Gasteiger partial charge on any atom is 0.250 e. The van der Waals surface area contributed by atoms with Gasteiger partial charge in [0.25, 0.3) is 0 Å². The molecule has 0 saturated heterocycles. The fourth-order valence-electron chi connectivity index (χ4n) is 1.53. The molecule has 0 aliphatic heterocycles. The lowest BCUT2D eigenvalue weighted by molar-refractivity contribution is 0.208. The van der Waals surface area contributed by atoms with Crippen molar-refractivity contribution in [2.45, 2.75) is 6.10 Å². The van der Waals surface area contributed by atoms with E-state index < -0.39 is 11.9 Å². The predicted octanol–water partition coefficient (Wildman–Crippen LogP) is 1.04. The van der Waals surface area contributed by atoms with Gasteiger partial charge in [-0.25, -0.2) is 14.4 Å². The van der Waals surface area contributed by atoms with Gasteiger partial charge in [0.2, 0.25) is 5.88 Å². The largest absolute Gasteiger partial charge is 0.479 e. The predicted molar refractivity (Wildman–Crippen MR) is 58.0 cm³/mol. The van der Waals surface area contributed by atoms with Crippen LogP contribution in [0.3, 0.4) is 0 Å². The molecule has 0 amide bonds. The topological polar surface area (TPSA) is 60.2 Å². The Bertz CT molecular complexity index is 527. The molecule has 2 heterocycles. The second kappa shape index (κ2) is 4.50. The number of aliphatic hydroxyl groups is 1. The average molecular weight is 237 g/mol. The number of methoxy groups -OCH3 is 1. The number of aromatic nitrogens is 3. The minimum absolute atomic E-state index is 0.0931. The fraction of sp³-hybridized carbons (Fsp3) is 0.273. The number of nitrogens with zero attached hydrogens (tertiary/aromatic N) is 3. The van der Waals surface area contributed by atoms with E-state index >= 15 is 0 Å². The SMILES string of the molecule is COc1nccc(C(O)c2cn(C)cn2)c1F. The molecule has 17 heavy (non-hydrogen) atoms. The van der Waals surface area contributed by atoms with E-state index in [0.717, 1.165) is 0 Å². The summed E-state index contributed by atoms with van der Waals surface area (Å²) in [7, 11) is 3.09. The standard InChI is InChI=1S/C11H12FN3O2/c1-15-5-8(14-6-15)10(16)7-3-4-13-11(17-2)9(7)12/h3-6,10,16H,1-2H3. The minimum Gasteiger partial charge on any atom is -0.479 e. The molecule has 90 valence electrons. The summed E-state index contributed by atoms with van der Waals surface area (Å²) in [5.41, 5.74) is 0.468. The maximum absolute atomic E-state index is 13.8. The molecule has 0 saturated carbocycles. The zero-order valence-electron chi connectivity index (χ0n) is 9.46. The van der Waals surface area contributed by atoms with Crippen molar-refractivity contribution in [2.75, 3.05) is 7.11 Å². The lowest BCUT2D eigenvalue weighted by Gasteiger charge is -2.10. The van der Waals surface area contributed by atoms with Crippen molar-refractivity contribution in [3.05, 3.63) is 41.9 Å². The Labute approximate surface area is 97.5 Å². The summed E-state index contributed by atoms with van der Waals surface area (Å²) in [5, 5.41) is 10.0. The first-order valence-electron chi connectivity index (χ1n) is 4.97. The molecule has 0 bridgehead atoms. The van der Waals surface area contributed by atoms with Crippen molar-refractivity contribution in [3.63, 3.8) is 0 Å². The Morgan fingerprint density at radius 3 is 2.82 bits per heavy atom. The van der Waals surface area contributed by atoms with Crippen LogP contribution < -0.4 is 4.74 Å². The van der Waals surface area contributed by atoms with Gasteiger partial charge in [0.15, 0.2) is 5.82 Å². The monoisotopic (exact) mass is 237 g/mol. The van der Waals surface area contributed by atoms with Gasteiger partial charge < -0.3 is 14.4 Å². The molecule has 2 rings (SSSR count). The molecule has 0 fully saturated rings. The van der Waals surface area contributed by atoms with E-state index in [1.807, 2.05) is 0 Å². The molecule has 1 atom stereocenters. The highest BCUT2D eigenvalue weighted by atomic mass is 19.1. The summed E-state index contributed by atoms with van der Waals surface area (Å²) in [6, 6.07) is 1.40. The van der Waals surface area contributed by atoms with Crippen LogP contribution in [0.5, 0.6) is 5.88 Å². The Kier molecular flexibility index (Phi) is 3.06. The Morgan fingerprint density at radius 1 is 1.47 bits per heavy atom. The quantitative estimate of drug-likeness (QED) is 0.866. The van der Waals surface area contributed by atoms with Crippen molar-refractivity contribution in [3.8, 4) is 5.88 Å². The number of hydrogen-bond donors (Lipinski definition) is 1. The molecule has 2 aromatic heterocycles. The van der Waals surface area contributed by atoms with Gasteiger partial charge in [-0.15, -0.1) is 0 Å². The van der Waals surface area contributed by atoms with Crippen LogP contribution in [0, 0.1) is 5.82 Å². The third-order valence-electron chi connectivity index (χ3n) is 2.38. The summed E-state index contributed by atoms with van der Waals surface area (Å²) >= 11 is 0. The van der Waals surface area contributed by atoms with E-state index in [1.165, 1.54) is 25.7 Å². The molecule has 0 spiro atoms. The maximum atomic E-state index is 13.8. The number of pyridine rings is 1. The van der Waals surface area contributed by atoms with Crippen molar-refractivity contribution < 1.29 is 14.2 Å². The van der Waals surface area contributed by atoms with Gasteiger partial charge in [0.1, 0.15) is 6.10 Å². The van der Waals surface area contributed by atoms with Crippen LogP contribution in [-0.2, 0) is 7.05 Å². The van der Waals surface area contributed by atoms with Crippen molar-refractivity contribution in [1.82, 2.24) is 14.5 Å². The lowest BCUT2D eigenvalue weighted by atomic mass is 10.1. The number of hydrogen-bond acceptors (Lipinski definition) is 4. The summed E-state index contributed by atoms with van der Waals surface area (Å²) in [6.07, 6.45) is 3.41. The molecule has 5 nitrogen and oxygen atoms in total. The summed E-state index contributed by atoms with van der Waals surface area (Å²) in [5.74, 6) is -0.814. The molecule has 1 unspecified atom stereocenters. The zero-order chi connectivity index (χ0) is 12.4. The van der Waals surface area contributed by atoms with Crippen LogP contribution in [0.4, 0.5) is 4.39 Å². The number of aliphatic hydroxyl groups excluding tert-OH is 1. The molecule has 0 aromatic carbocycles. The van der Waals surface area contributed by atoms with Crippen LogP contribution in [0.2, 0.25) is 0 Å². The zero-order valence-corrected chi connectivity index (χ0v) is 9.46. The van der Waals surface area contributed by atoms with Gasteiger partial charge in [0.05, 0.1) is 19.1 Å². The fourth-order valence-corrected chi connectivity index (χ4v) is 1.53. The van der Waals surface area contributed by atoms with Gasteiger partial charge in [-0.3, -0.25) is 0 Å². The summed E-state index contributed by atoms with van der Waals surface area (Å²) < 4.78 is 20.3. The van der Waals surface area contributed by atoms with Crippen LogP contribution in [0.1, 0.15) is 17.4 Å². The average Bonchev–Trinajstić information content (AvgIpc) is 2.75. The molecule has 0 radical (unpaired) electrons.